The van der Waals surface area contributed by atoms with Gasteiger partial charge in [-0.1, -0.05) is 53.5 Å². The Morgan fingerprint density at radius 2 is 1.59 bits per heavy atom. The van der Waals surface area contributed by atoms with Gasteiger partial charge in [-0.15, -0.1) is 0 Å². The highest BCUT2D eigenvalue weighted by Crippen LogP contribution is 2.44. The lowest BCUT2D eigenvalue weighted by molar-refractivity contribution is -0.136. The number of ketones is 1. The fourth-order valence-electron chi connectivity index (χ4n) is 3.59. The van der Waals surface area contributed by atoms with Crippen molar-refractivity contribution < 1.29 is 14.7 Å². The molecule has 0 aromatic heterocycles. The number of Topliss-reactive ketones (excluding diaryl/α,β-unsaturated/α-hetero) is 1. The number of rotatable bonds is 5. The van der Waals surface area contributed by atoms with Gasteiger partial charge in [0.25, 0.3) is 5.91 Å². The summed E-state index contributed by atoms with van der Waals surface area (Å²) in [5, 5.41) is 12.3. The van der Waals surface area contributed by atoms with E-state index < -0.39 is 11.5 Å². The van der Waals surface area contributed by atoms with Crippen LogP contribution < -0.4 is 4.90 Å². The maximum atomic E-state index is 13.3. The summed E-state index contributed by atoms with van der Waals surface area (Å²) in [5.41, 5.74) is 0.199. The Labute approximate surface area is 178 Å². The summed E-state index contributed by atoms with van der Waals surface area (Å²) in [6, 6.07) is 20.7. The molecule has 1 N–H and O–H groups in total. The number of fused-ring (bicyclic) bond motifs is 1. The van der Waals surface area contributed by atoms with E-state index in [9.17, 15) is 14.7 Å². The van der Waals surface area contributed by atoms with Crippen LogP contribution in [0.1, 0.15) is 27.9 Å². The molecule has 1 amide bonds. The van der Waals surface area contributed by atoms with E-state index in [1.807, 2.05) is 30.3 Å². The predicted molar refractivity (Wildman–Crippen MR) is 113 cm³/mol. The van der Waals surface area contributed by atoms with Crippen LogP contribution in [0.4, 0.5) is 5.69 Å². The van der Waals surface area contributed by atoms with E-state index in [0.29, 0.717) is 26.9 Å². The van der Waals surface area contributed by atoms with E-state index >= 15 is 0 Å². The minimum atomic E-state index is -1.98. The fraction of sp³-hybridized carbons (Fsp3) is 0.130. The van der Waals surface area contributed by atoms with Gasteiger partial charge < -0.3 is 10.0 Å². The molecule has 1 aliphatic rings. The van der Waals surface area contributed by atoms with Gasteiger partial charge in [0.2, 0.25) is 0 Å². The van der Waals surface area contributed by atoms with Gasteiger partial charge in [-0.3, -0.25) is 9.59 Å². The highest BCUT2D eigenvalue weighted by Gasteiger charge is 2.51. The lowest BCUT2D eigenvalue weighted by atomic mass is 9.88. The maximum absolute atomic E-state index is 13.3. The van der Waals surface area contributed by atoms with Crippen LogP contribution in [-0.2, 0) is 16.9 Å². The Morgan fingerprint density at radius 3 is 2.28 bits per heavy atom. The van der Waals surface area contributed by atoms with E-state index in [2.05, 4.69) is 0 Å². The van der Waals surface area contributed by atoms with Crippen molar-refractivity contribution >= 4 is 40.6 Å². The number of carbonyl (C=O) groups is 2. The molecule has 4 rings (SSSR count). The van der Waals surface area contributed by atoms with Crippen LogP contribution in [0.15, 0.2) is 72.8 Å². The second-order valence-electron chi connectivity index (χ2n) is 7.01. The number of hydrogen-bond acceptors (Lipinski definition) is 3. The molecule has 3 aromatic rings. The molecule has 0 saturated heterocycles. The molecule has 0 aliphatic carbocycles. The van der Waals surface area contributed by atoms with Crippen molar-refractivity contribution in [2.24, 2.45) is 0 Å². The number of carbonyl (C=O) groups excluding carboxylic acids is 2. The molecule has 1 heterocycles. The summed E-state index contributed by atoms with van der Waals surface area (Å²) in [6.45, 7) is 0.283. The van der Waals surface area contributed by atoms with E-state index in [0.717, 1.165) is 5.56 Å². The Balaban J connectivity index is 1.71. The predicted octanol–water partition coefficient (Wildman–Crippen LogP) is 5.00. The van der Waals surface area contributed by atoms with Gasteiger partial charge in [0, 0.05) is 21.2 Å². The smallest absolute Gasteiger partial charge is 0.264 e. The second kappa shape index (κ2) is 7.64. The van der Waals surface area contributed by atoms with Crippen LogP contribution in [-0.4, -0.2) is 16.8 Å². The van der Waals surface area contributed by atoms with Crippen LogP contribution in [0.2, 0.25) is 10.0 Å². The fourth-order valence-corrected chi connectivity index (χ4v) is 3.88. The molecule has 1 atom stereocenters. The van der Waals surface area contributed by atoms with Crippen molar-refractivity contribution in [2.75, 3.05) is 4.90 Å². The molecule has 146 valence electrons. The number of aliphatic hydroxyl groups is 1. The molecule has 0 bridgehead atoms. The van der Waals surface area contributed by atoms with Gasteiger partial charge in [0.1, 0.15) is 0 Å². The summed E-state index contributed by atoms with van der Waals surface area (Å²) in [7, 11) is 0. The van der Waals surface area contributed by atoms with Crippen molar-refractivity contribution in [2.45, 2.75) is 18.6 Å². The van der Waals surface area contributed by atoms with Crippen LogP contribution in [0.5, 0.6) is 0 Å². The summed E-state index contributed by atoms with van der Waals surface area (Å²) >= 11 is 12.0. The van der Waals surface area contributed by atoms with Crippen LogP contribution in [0.3, 0.4) is 0 Å². The lowest BCUT2D eigenvalue weighted by Crippen LogP contribution is -2.41. The monoisotopic (exact) mass is 425 g/mol. The van der Waals surface area contributed by atoms with Crippen molar-refractivity contribution in [3.63, 3.8) is 0 Å². The maximum Gasteiger partial charge on any atom is 0.264 e. The Hall–Kier alpha value is -2.66. The zero-order valence-electron chi connectivity index (χ0n) is 15.3. The highest BCUT2D eigenvalue weighted by atomic mass is 35.5. The van der Waals surface area contributed by atoms with Crippen molar-refractivity contribution in [3.05, 3.63) is 99.5 Å². The number of benzene rings is 3. The SMILES string of the molecule is O=C(C[C@@]1(O)C(=O)N(Cc2ccccc2)c2ccc(Cl)cc21)c1ccc(Cl)cc1. The molecule has 0 unspecified atom stereocenters. The average molecular weight is 426 g/mol. The Morgan fingerprint density at radius 1 is 0.931 bits per heavy atom. The van der Waals surface area contributed by atoms with Crippen LogP contribution in [0, 0.1) is 0 Å². The molecule has 29 heavy (non-hydrogen) atoms. The van der Waals surface area contributed by atoms with Gasteiger partial charge in [0.05, 0.1) is 18.7 Å². The quantitative estimate of drug-likeness (QED) is 0.585. The van der Waals surface area contributed by atoms with E-state index in [4.69, 9.17) is 23.2 Å². The first-order valence-corrected chi connectivity index (χ1v) is 9.81. The molecule has 0 radical (unpaired) electrons. The zero-order valence-corrected chi connectivity index (χ0v) is 16.8. The molecule has 0 saturated carbocycles. The molecule has 4 nitrogen and oxygen atoms in total. The summed E-state index contributed by atoms with van der Waals surface area (Å²) < 4.78 is 0. The summed E-state index contributed by atoms with van der Waals surface area (Å²) in [5.74, 6) is -0.897. The molecular weight excluding hydrogens is 409 g/mol. The van der Waals surface area contributed by atoms with Crippen LogP contribution >= 0.6 is 23.2 Å². The average Bonchev–Trinajstić information content (AvgIpc) is 2.91. The van der Waals surface area contributed by atoms with Crippen molar-refractivity contribution in [3.8, 4) is 0 Å². The summed E-state index contributed by atoms with van der Waals surface area (Å²) in [4.78, 5) is 27.6. The number of nitrogens with zero attached hydrogens (tertiary/aromatic N) is 1. The third-order valence-electron chi connectivity index (χ3n) is 5.06. The van der Waals surface area contributed by atoms with Gasteiger partial charge in [0.15, 0.2) is 11.4 Å². The minimum Gasteiger partial charge on any atom is -0.375 e. The number of anilines is 1. The molecule has 0 spiro atoms. The molecule has 0 fully saturated rings. The Bertz CT molecular complexity index is 1080. The largest absolute Gasteiger partial charge is 0.375 e. The van der Waals surface area contributed by atoms with Crippen molar-refractivity contribution in [1.29, 1.82) is 0 Å². The topological polar surface area (TPSA) is 57.6 Å². The van der Waals surface area contributed by atoms with E-state index in [1.54, 1.807) is 42.5 Å². The van der Waals surface area contributed by atoms with Gasteiger partial charge in [-0.2, -0.15) is 0 Å². The number of hydrogen-bond donors (Lipinski definition) is 1. The first-order chi connectivity index (χ1) is 13.9. The molecule has 3 aromatic carbocycles. The van der Waals surface area contributed by atoms with Gasteiger partial charge in [-0.25, -0.2) is 0 Å². The summed E-state index contributed by atoms with van der Waals surface area (Å²) in [6.07, 6.45) is -0.383. The van der Waals surface area contributed by atoms with Gasteiger partial charge >= 0.3 is 0 Å². The zero-order chi connectivity index (χ0) is 20.6. The third kappa shape index (κ3) is 3.67. The van der Waals surface area contributed by atoms with Crippen LogP contribution in [0.25, 0.3) is 0 Å². The molecule has 6 heteroatoms. The van der Waals surface area contributed by atoms with E-state index in [-0.39, 0.29) is 18.7 Å². The molecular formula is C23H17Cl2NO3. The normalized spacial score (nSPS) is 18.0. The Kier molecular flexibility index (Phi) is 5.17. The van der Waals surface area contributed by atoms with Crippen molar-refractivity contribution in [1.82, 2.24) is 0 Å². The lowest BCUT2D eigenvalue weighted by Gasteiger charge is -2.23. The molecule has 1 aliphatic heterocycles. The van der Waals surface area contributed by atoms with E-state index in [1.165, 1.54) is 4.90 Å². The number of amides is 1. The third-order valence-corrected chi connectivity index (χ3v) is 5.55. The van der Waals surface area contributed by atoms with Gasteiger partial charge in [-0.05, 0) is 48.0 Å². The highest BCUT2D eigenvalue weighted by molar-refractivity contribution is 6.31. The second-order valence-corrected chi connectivity index (χ2v) is 7.88. The first-order valence-electron chi connectivity index (χ1n) is 9.05. The standard InChI is InChI=1S/C23H17Cl2NO3/c24-17-8-6-16(7-9-17)21(27)13-23(29)19-12-18(25)10-11-20(19)26(22(23)28)14-15-4-2-1-3-5-15/h1-12,29H,13-14H2/t23-/m0/s1. The first kappa shape index (κ1) is 19.6. The minimum absolute atomic E-state index is 0.283. The number of halogens is 2.